The van der Waals surface area contributed by atoms with Crippen LogP contribution in [0.5, 0.6) is 0 Å². The summed E-state index contributed by atoms with van der Waals surface area (Å²) in [7, 11) is -2.51. The van der Waals surface area contributed by atoms with Crippen LogP contribution >= 0.6 is 0 Å². The zero-order valence-electron chi connectivity index (χ0n) is 11.4. The number of halogens is 1. The van der Waals surface area contributed by atoms with Gasteiger partial charge in [0.1, 0.15) is 16.5 Å². The lowest BCUT2D eigenvalue weighted by atomic mass is 10.4. The van der Waals surface area contributed by atoms with Crippen molar-refractivity contribution in [1.29, 1.82) is 0 Å². The maximum Gasteiger partial charge on any atom is 0.244 e. The van der Waals surface area contributed by atoms with Gasteiger partial charge in [0.25, 0.3) is 0 Å². The van der Waals surface area contributed by atoms with E-state index in [-0.39, 0.29) is 36.8 Å². The van der Waals surface area contributed by atoms with Gasteiger partial charge in [-0.2, -0.15) is 4.31 Å². The molecule has 0 fully saturated rings. The highest BCUT2D eigenvalue weighted by Crippen LogP contribution is 2.15. The predicted octanol–water partition coefficient (Wildman–Crippen LogP) is -0.00570. The lowest BCUT2D eigenvalue weighted by molar-refractivity contribution is 0.179. The molecule has 0 aliphatic rings. The Morgan fingerprint density at radius 1 is 1.52 bits per heavy atom. The first kappa shape index (κ1) is 17.3. The largest absolute Gasteiger partial charge is 0.409 e. The zero-order chi connectivity index (χ0) is 15.9. The number of hydrogen-bond acceptors (Lipinski definition) is 6. The molecule has 0 saturated carbocycles. The minimum Gasteiger partial charge on any atom is -0.409 e. The highest BCUT2D eigenvalue weighted by atomic mass is 32.2. The van der Waals surface area contributed by atoms with Gasteiger partial charge in [0.05, 0.1) is 12.8 Å². The standard InChI is InChI=1S/C11H17FN4O4S/c1-20-5-4-16(3-2-11(13)15-17)21(18,19)10-6-9(12)7-14-8-10/h6-8,17H,2-5H2,1H3,(H2,13,15). The highest BCUT2D eigenvalue weighted by molar-refractivity contribution is 7.89. The molecular formula is C11H17FN4O4S. The number of amidine groups is 1. The zero-order valence-corrected chi connectivity index (χ0v) is 12.3. The summed E-state index contributed by atoms with van der Waals surface area (Å²) in [5, 5.41) is 11.3. The van der Waals surface area contributed by atoms with Gasteiger partial charge in [-0.05, 0) is 6.07 Å². The average Bonchev–Trinajstić information content (AvgIpc) is 2.46. The average molecular weight is 320 g/mol. The topological polar surface area (TPSA) is 118 Å². The van der Waals surface area contributed by atoms with Crippen LogP contribution in [0.1, 0.15) is 6.42 Å². The number of sulfonamides is 1. The van der Waals surface area contributed by atoms with E-state index in [9.17, 15) is 12.8 Å². The number of pyridine rings is 1. The maximum absolute atomic E-state index is 13.1. The van der Waals surface area contributed by atoms with Crippen molar-refractivity contribution < 1.29 is 22.8 Å². The van der Waals surface area contributed by atoms with E-state index in [0.29, 0.717) is 0 Å². The third kappa shape index (κ3) is 4.92. The fraction of sp³-hybridized carbons (Fsp3) is 0.455. The molecule has 0 aliphatic heterocycles. The van der Waals surface area contributed by atoms with Gasteiger partial charge in [0.15, 0.2) is 0 Å². The van der Waals surface area contributed by atoms with Crippen molar-refractivity contribution in [2.24, 2.45) is 10.9 Å². The predicted molar refractivity (Wildman–Crippen MR) is 72.9 cm³/mol. The normalized spacial score (nSPS) is 12.8. The van der Waals surface area contributed by atoms with Crippen LogP contribution in [0, 0.1) is 5.82 Å². The number of methoxy groups -OCH3 is 1. The lowest BCUT2D eigenvalue weighted by Crippen LogP contribution is -2.36. The van der Waals surface area contributed by atoms with Crippen LogP contribution in [-0.4, -0.2) is 55.6 Å². The molecule has 0 amide bonds. The van der Waals surface area contributed by atoms with E-state index < -0.39 is 15.8 Å². The van der Waals surface area contributed by atoms with Crippen molar-refractivity contribution in [3.63, 3.8) is 0 Å². The van der Waals surface area contributed by atoms with Crippen molar-refractivity contribution in [3.05, 3.63) is 24.3 Å². The highest BCUT2D eigenvalue weighted by Gasteiger charge is 2.25. The molecule has 1 heterocycles. The van der Waals surface area contributed by atoms with Crippen LogP contribution in [0.3, 0.4) is 0 Å². The molecule has 1 rings (SSSR count). The lowest BCUT2D eigenvalue weighted by Gasteiger charge is -2.21. The van der Waals surface area contributed by atoms with Gasteiger partial charge in [0.2, 0.25) is 10.0 Å². The maximum atomic E-state index is 13.1. The second kappa shape index (κ2) is 7.86. The van der Waals surface area contributed by atoms with E-state index in [1.54, 1.807) is 0 Å². The Morgan fingerprint density at radius 2 is 2.24 bits per heavy atom. The molecule has 0 aliphatic carbocycles. The molecule has 3 N–H and O–H groups in total. The Bertz CT molecular complexity index is 594. The van der Waals surface area contributed by atoms with E-state index in [1.165, 1.54) is 7.11 Å². The molecule has 0 saturated heterocycles. The van der Waals surface area contributed by atoms with Crippen molar-refractivity contribution in [2.45, 2.75) is 11.3 Å². The molecule has 0 spiro atoms. The number of hydrogen-bond donors (Lipinski definition) is 2. The van der Waals surface area contributed by atoms with E-state index in [1.807, 2.05) is 0 Å². The van der Waals surface area contributed by atoms with Crippen LogP contribution < -0.4 is 5.73 Å². The minimum atomic E-state index is -3.94. The summed E-state index contributed by atoms with van der Waals surface area (Å²) >= 11 is 0. The summed E-state index contributed by atoms with van der Waals surface area (Å²) in [4.78, 5) is 3.26. The van der Waals surface area contributed by atoms with E-state index in [4.69, 9.17) is 15.7 Å². The van der Waals surface area contributed by atoms with Gasteiger partial charge in [-0.15, -0.1) is 0 Å². The molecule has 0 radical (unpaired) electrons. The fourth-order valence-corrected chi connectivity index (χ4v) is 2.92. The molecule has 0 aromatic carbocycles. The van der Waals surface area contributed by atoms with Gasteiger partial charge in [-0.1, -0.05) is 5.16 Å². The van der Waals surface area contributed by atoms with Crippen molar-refractivity contribution >= 4 is 15.9 Å². The van der Waals surface area contributed by atoms with Crippen molar-refractivity contribution in [2.75, 3.05) is 26.8 Å². The first-order chi connectivity index (χ1) is 9.91. The molecule has 21 heavy (non-hydrogen) atoms. The molecule has 10 heteroatoms. The monoisotopic (exact) mass is 320 g/mol. The SMILES string of the molecule is COCCN(CCC(N)=NO)S(=O)(=O)c1cncc(F)c1. The van der Waals surface area contributed by atoms with Crippen LogP contribution in [0.4, 0.5) is 4.39 Å². The van der Waals surface area contributed by atoms with Gasteiger partial charge in [-0.3, -0.25) is 4.98 Å². The van der Waals surface area contributed by atoms with Crippen molar-refractivity contribution in [3.8, 4) is 0 Å². The van der Waals surface area contributed by atoms with Gasteiger partial charge < -0.3 is 15.7 Å². The second-order valence-corrected chi connectivity index (χ2v) is 6.02. The molecule has 1 aromatic heterocycles. The summed E-state index contributed by atoms with van der Waals surface area (Å²) in [6, 6.07) is 0.881. The first-order valence-electron chi connectivity index (χ1n) is 5.98. The van der Waals surface area contributed by atoms with Gasteiger partial charge >= 0.3 is 0 Å². The molecule has 8 nitrogen and oxygen atoms in total. The number of aromatic nitrogens is 1. The third-order valence-electron chi connectivity index (χ3n) is 2.61. The molecular weight excluding hydrogens is 303 g/mol. The Labute approximate surface area is 122 Å². The van der Waals surface area contributed by atoms with Crippen LogP contribution in [0.25, 0.3) is 0 Å². The molecule has 0 unspecified atom stereocenters. The number of oxime groups is 1. The summed E-state index contributed by atoms with van der Waals surface area (Å²) in [5.41, 5.74) is 5.33. The van der Waals surface area contributed by atoms with Gasteiger partial charge in [0, 0.05) is 32.8 Å². The Kier molecular flexibility index (Phi) is 6.46. The summed E-state index contributed by atoms with van der Waals surface area (Å²) < 4.78 is 43.9. The molecule has 0 bridgehead atoms. The first-order valence-corrected chi connectivity index (χ1v) is 7.42. The van der Waals surface area contributed by atoms with Crippen LogP contribution in [0.15, 0.2) is 28.5 Å². The van der Waals surface area contributed by atoms with Crippen molar-refractivity contribution in [1.82, 2.24) is 9.29 Å². The minimum absolute atomic E-state index is 0.0297. The molecule has 118 valence electrons. The van der Waals surface area contributed by atoms with Crippen LogP contribution in [0.2, 0.25) is 0 Å². The van der Waals surface area contributed by atoms with E-state index >= 15 is 0 Å². The molecule has 0 atom stereocenters. The second-order valence-electron chi connectivity index (χ2n) is 4.08. The summed E-state index contributed by atoms with van der Waals surface area (Å²) in [5.74, 6) is -0.857. The Balaban J connectivity index is 2.99. The fourth-order valence-electron chi connectivity index (χ4n) is 1.52. The Hall–Kier alpha value is -1.78. The molecule has 1 aromatic rings. The summed E-state index contributed by atoms with van der Waals surface area (Å²) in [6.45, 7) is 0.171. The van der Waals surface area contributed by atoms with Crippen LogP contribution in [-0.2, 0) is 14.8 Å². The smallest absolute Gasteiger partial charge is 0.244 e. The Morgan fingerprint density at radius 3 is 2.81 bits per heavy atom. The number of rotatable bonds is 8. The summed E-state index contributed by atoms with van der Waals surface area (Å²) in [6.07, 6.45) is 2.00. The van der Waals surface area contributed by atoms with Gasteiger partial charge in [-0.25, -0.2) is 12.8 Å². The number of nitrogens with two attached hydrogens (primary N) is 1. The van der Waals surface area contributed by atoms with E-state index in [2.05, 4.69) is 10.1 Å². The number of ether oxygens (including phenoxy) is 1. The quantitative estimate of drug-likeness (QED) is 0.301. The van der Waals surface area contributed by atoms with E-state index in [0.717, 1.165) is 22.8 Å². The third-order valence-corrected chi connectivity index (χ3v) is 4.47. The number of nitrogens with zero attached hydrogens (tertiary/aromatic N) is 3.